The SMILES string of the molecule is [HH].c1cnc2[nH]ncc2n1. The lowest BCUT2D eigenvalue weighted by atomic mass is 10.6. The van der Waals surface area contributed by atoms with Gasteiger partial charge in [-0.3, -0.25) is 5.10 Å². The van der Waals surface area contributed by atoms with E-state index in [-0.39, 0.29) is 1.43 Å². The van der Waals surface area contributed by atoms with Crippen molar-refractivity contribution in [3.63, 3.8) is 0 Å². The molecule has 0 saturated carbocycles. The van der Waals surface area contributed by atoms with Gasteiger partial charge in [0, 0.05) is 13.8 Å². The molecule has 0 unspecified atom stereocenters. The van der Waals surface area contributed by atoms with Crippen molar-refractivity contribution in [1.29, 1.82) is 0 Å². The molecule has 46 valence electrons. The van der Waals surface area contributed by atoms with Crippen molar-refractivity contribution < 1.29 is 1.43 Å². The number of hydrogen-bond donors (Lipinski definition) is 1. The van der Waals surface area contributed by atoms with Gasteiger partial charge in [-0.25, -0.2) is 9.97 Å². The van der Waals surface area contributed by atoms with Gasteiger partial charge in [0.25, 0.3) is 0 Å². The zero-order valence-corrected chi connectivity index (χ0v) is 4.57. The second-order valence-electron chi connectivity index (χ2n) is 1.66. The normalized spacial score (nSPS) is 10.2. The van der Waals surface area contributed by atoms with Gasteiger partial charge in [0.15, 0.2) is 5.65 Å². The van der Waals surface area contributed by atoms with Crippen LogP contribution in [-0.4, -0.2) is 20.2 Å². The summed E-state index contributed by atoms with van der Waals surface area (Å²) < 4.78 is 0. The molecule has 0 aliphatic rings. The number of fused-ring (bicyclic) bond motifs is 1. The Morgan fingerprint density at radius 3 is 3.11 bits per heavy atom. The summed E-state index contributed by atoms with van der Waals surface area (Å²) in [5.74, 6) is 0. The summed E-state index contributed by atoms with van der Waals surface area (Å²) in [5, 5.41) is 6.45. The predicted octanol–water partition coefficient (Wildman–Crippen LogP) is 0.599. The summed E-state index contributed by atoms with van der Waals surface area (Å²) in [6.45, 7) is 0. The molecule has 0 bridgehead atoms. The van der Waals surface area contributed by atoms with E-state index >= 15 is 0 Å². The molecule has 4 heteroatoms. The number of nitrogens with one attached hydrogen (secondary N) is 1. The summed E-state index contributed by atoms with van der Waals surface area (Å²) in [5.41, 5.74) is 1.54. The maximum absolute atomic E-state index is 3.98. The van der Waals surface area contributed by atoms with Crippen molar-refractivity contribution in [3.8, 4) is 0 Å². The van der Waals surface area contributed by atoms with Gasteiger partial charge < -0.3 is 0 Å². The summed E-state index contributed by atoms with van der Waals surface area (Å²) >= 11 is 0. The molecular weight excluding hydrogens is 116 g/mol. The smallest absolute Gasteiger partial charge is 0.174 e. The van der Waals surface area contributed by atoms with Crippen molar-refractivity contribution in [3.05, 3.63) is 18.6 Å². The third kappa shape index (κ3) is 0.561. The number of nitrogens with zero attached hydrogens (tertiary/aromatic N) is 3. The van der Waals surface area contributed by atoms with Crippen LogP contribution in [0.1, 0.15) is 1.43 Å². The van der Waals surface area contributed by atoms with Crippen LogP contribution < -0.4 is 0 Å². The van der Waals surface area contributed by atoms with E-state index in [0.29, 0.717) is 0 Å². The minimum absolute atomic E-state index is 0. The molecule has 0 aromatic carbocycles. The Balaban J connectivity index is 0.000000500. The second-order valence-corrected chi connectivity index (χ2v) is 1.66. The van der Waals surface area contributed by atoms with Gasteiger partial charge in [-0.15, -0.1) is 0 Å². The molecule has 0 radical (unpaired) electrons. The summed E-state index contributed by atoms with van der Waals surface area (Å²) in [6, 6.07) is 0. The molecule has 0 spiro atoms. The Kier molecular flexibility index (Phi) is 0.745. The number of hydrogen-bond acceptors (Lipinski definition) is 3. The molecular formula is C5H6N4. The van der Waals surface area contributed by atoms with Crippen molar-refractivity contribution in [2.75, 3.05) is 0 Å². The maximum Gasteiger partial charge on any atom is 0.174 e. The van der Waals surface area contributed by atoms with Crippen LogP contribution in [0, 0.1) is 0 Å². The maximum atomic E-state index is 3.98. The third-order valence-corrected chi connectivity index (χ3v) is 1.08. The zero-order valence-electron chi connectivity index (χ0n) is 4.57. The fraction of sp³-hybridized carbons (Fsp3) is 0. The molecule has 9 heavy (non-hydrogen) atoms. The van der Waals surface area contributed by atoms with E-state index in [4.69, 9.17) is 0 Å². The number of aromatic nitrogens is 4. The number of rotatable bonds is 0. The molecule has 2 rings (SSSR count). The highest BCUT2D eigenvalue weighted by molar-refractivity contribution is 5.67. The first-order chi connectivity index (χ1) is 4.47. The summed E-state index contributed by atoms with van der Waals surface area (Å²) in [6.07, 6.45) is 4.90. The molecule has 0 fully saturated rings. The molecule has 0 atom stereocenters. The Labute approximate surface area is 52.4 Å². The molecule has 1 N–H and O–H groups in total. The van der Waals surface area contributed by atoms with E-state index in [1.165, 1.54) is 0 Å². The lowest BCUT2D eigenvalue weighted by Gasteiger charge is -1.80. The Morgan fingerprint density at radius 1 is 1.33 bits per heavy atom. The summed E-state index contributed by atoms with van der Waals surface area (Å²) in [7, 11) is 0. The second kappa shape index (κ2) is 1.51. The quantitative estimate of drug-likeness (QED) is 0.556. The highest BCUT2D eigenvalue weighted by Crippen LogP contribution is 1.98. The first-order valence-corrected chi connectivity index (χ1v) is 2.57. The van der Waals surface area contributed by atoms with Gasteiger partial charge in [-0.05, 0) is 0 Å². The largest absolute Gasteiger partial charge is 0.259 e. The van der Waals surface area contributed by atoms with Crippen LogP contribution in [0.5, 0.6) is 0 Å². The van der Waals surface area contributed by atoms with E-state index in [9.17, 15) is 0 Å². The van der Waals surface area contributed by atoms with E-state index < -0.39 is 0 Å². The van der Waals surface area contributed by atoms with Crippen molar-refractivity contribution in [2.45, 2.75) is 0 Å². The van der Waals surface area contributed by atoms with Gasteiger partial charge >= 0.3 is 0 Å². The first kappa shape index (κ1) is 4.43. The molecule has 0 amide bonds. The van der Waals surface area contributed by atoms with Crippen LogP contribution in [0.25, 0.3) is 11.2 Å². The van der Waals surface area contributed by atoms with Gasteiger partial charge in [0.05, 0.1) is 6.20 Å². The summed E-state index contributed by atoms with van der Waals surface area (Å²) in [4.78, 5) is 7.95. The van der Waals surface area contributed by atoms with Crippen molar-refractivity contribution in [1.82, 2.24) is 20.2 Å². The highest BCUT2D eigenvalue weighted by Gasteiger charge is 1.91. The average molecular weight is 122 g/mol. The standard InChI is InChI=1S/C5H4N4.H2/c1-2-7-5-4(6-1)3-8-9-5;/h1-3H,(H,7,8,9);1H. The monoisotopic (exact) mass is 122 g/mol. The van der Waals surface area contributed by atoms with Gasteiger partial charge in [0.2, 0.25) is 0 Å². The van der Waals surface area contributed by atoms with Crippen LogP contribution >= 0.6 is 0 Å². The van der Waals surface area contributed by atoms with Crippen LogP contribution in [-0.2, 0) is 0 Å². The molecule has 2 aromatic rings. The zero-order chi connectivity index (χ0) is 6.10. The average Bonchev–Trinajstić information content (AvgIpc) is 2.33. The van der Waals surface area contributed by atoms with Gasteiger partial charge in [-0.2, -0.15) is 5.10 Å². The molecule has 2 heterocycles. The first-order valence-electron chi connectivity index (χ1n) is 2.57. The van der Waals surface area contributed by atoms with E-state index in [1.54, 1.807) is 18.6 Å². The topological polar surface area (TPSA) is 54.5 Å². The molecule has 0 aliphatic carbocycles. The molecule has 0 saturated heterocycles. The number of H-pyrrole nitrogens is 1. The van der Waals surface area contributed by atoms with Crippen LogP contribution in [0.4, 0.5) is 0 Å². The Hall–Kier alpha value is -1.45. The van der Waals surface area contributed by atoms with E-state index in [2.05, 4.69) is 20.2 Å². The minimum Gasteiger partial charge on any atom is -0.259 e. The predicted molar refractivity (Wildman–Crippen MR) is 33.8 cm³/mol. The Bertz CT molecular complexity index is 288. The third-order valence-electron chi connectivity index (χ3n) is 1.08. The van der Waals surface area contributed by atoms with E-state index in [0.717, 1.165) is 11.2 Å². The van der Waals surface area contributed by atoms with Crippen molar-refractivity contribution >= 4 is 11.2 Å². The molecule has 0 aliphatic heterocycles. The lowest BCUT2D eigenvalue weighted by Crippen LogP contribution is -1.76. The minimum atomic E-state index is 0. The van der Waals surface area contributed by atoms with Crippen LogP contribution in [0.15, 0.2) is 18.6 Å². The number of aromatic amines is 1. The van der Waals surface area contributed by atoms with Crippen LogP contribution in [0.3, 0.4) is 0 Å². The Morgan fingerprint density at radius 2 is 2.22 bits per heavy atom. The fourth-order valence-corrected chi connectivity index (χ4v) is 0.684. The van der Waals surface area contributed by atoms with Gasteiger partial charge in [-0.1, -0.05) is 0 Å². The van der Waals surface area contributed by atoms with E-state index in [1.807, 2.05) is 0 Å². The van der Waals surface area contributed by atoms with Crippen molar-refractivity contribution in [2.24, 2.45) is 0 Å². The molecule has 4 nitrogen and oxygen atoms in total. The fourth-order valence-electron chi connectivity index (χ4n) is 0.684. The van der Waals surface area contributed by atoms with Gasteiger partial charge in [0.1, 0.15) is 5.52 Å². The highest BCUT2D eigenvalue weighted by atomic mass is 15.1. The lowest BCUT2D eigenvalue weighted by molar-refractivity contribution is 1.10. The van der Waals surface area contributed by atoms with Crippen LogP contribution in [0.2, 0.25) is 0 Å². The molecule has 2 aromatic heterocycles.